The van der Waals surface area contributed by atoms with Crippen LogP contribution in [0.3, 0.4) is 0 Å². The zero-order valence-corrected chi connectivity index (χ0v) is 13.8. The Kier molecular flexibility index (Phi) is 5.15. The Labute approximate surface area is 138 Å². The first kappa shape index (κ1) is 16.2. The lowest BCUT2D eigenvalue weighted by Gasteiger charge is -2.15. The summed E-state index contributed by atoms with van der Waals surface area (Å²) in [6.07, 6.45) is -0.705. The molecule has 1 unspecified atom stereocenters. The number of Topliss-reactive ketones (excluding diaryl/α,β-unsaturated/α-hetero) is 1. The van der Waals surface area contributed by atoms with Gasteiger partial charge in [-0.2, -0.15) is 0 Å². The van der Waals surface area contributed by atoms with Gasteiger partial charge in [0.15, 0.2) is 6.10 Å². The Bertz CT molecular complexity index is 683. The SMILES string of the molecule is Cc1ccc(OC(C)C(=O)c2ccc(Cl)cc2Cl)c(Cl)c1. The smallest absolute Gasteiger partial charge is 0.204 e. The summed E-state index contributed by atoms with van der Waals surface area (Å²) in [7, 11) is 0. The maximum Gasteiger partial charge on any atom is 0.204 e. The summed E-state index contributed by atoms with van der Waals surface area (Å²) in [6.45, 7) is 3.58. The Morgan fingerprint density at radius 2 is 1.76 bits per heavy atom. The van der Waals surface area contributed by atoms with Gasteiger partial charge in [-0.15, -0.1) is 0 Å². The van der Waals surface area contributed by atoms with Crippen LogP contribution in [0, 0.1) is 6.92 Å². The molecular formula is C16H13Cl3O2. The maximum atomic E-state index is 12.4. The first-order chi connectivity index (χ1) is 9.88. The van der Waals surface area contributed by atoms with E-state index in [1.54, 1.807) is 31.2 Å². The Balaban J connectivity index is 2.19. The highest BCUT2D eigenvalue weighted by Gasteiger charge is 2.20. The minimum Gasteiger partial charge on any atom is -0.481 e. The molecular weight excluding hydrogens is 331 g/mol. The number of halogens is 3. The second kappa shape index (κ2) is 6.69. The normalized spacial score (nSPS) is 12.0. The van der Waals surface area contributed by atoms with Gasteiger partial charge in [0, 0.05) is 10.6 Å². The fraction of sp³-hybridized carbons (Fsp3) is 0.188. The van der Waals surface area contributed by atoms with Crippen LogP contribution in [-0.4, -0.2) is 11.9 Å². The van der Waals surface area contributed by atoms with E-state index >= 15 is 0 Å². The molecule has 21 heavy (non-hydrogen) atoms. The van der Waals surface area contributed by atoms with Gasteiger partial charge >= 0.3 is 0 Å². The molecule has 2 aromatic carbocycles. The van der Waals surface area contributed by atoms with E-state index in [2.05, 4.69) is 0 Å². The van der Waals surface area contributed by atoms with Crippen molar-refractivity contribution in [1.29, 1.82) is 0 Å². The number of hydrogen-bond donors (Lipinski definition) is 0. The van der Waals surface area contributed by atoms with Crippen LogP contribution in [0.15, 0.2) is 36.4 Å². The molecule has 0 bridgehead atoms. The van der Waals surface area contributed by atoms with Crippen LogP contribution in [0.25, 0.3) is 0 Å². The molecule has 0 aromatic heterocycles. The summed E-state index contributed by atoms with van der Waals surface area (Å²) in [5, 5.41) is 1.25. The molecule has 0 amide bonds. The standard InChI is InChI=1S/C16H13Cl3O2/c1-9-3-6-15(14(19)7-9)21-10(2)16(20)12-5-4-11(17)8-13(12)18/h3-8,10H,1-2H3. The first-order valence-corrected chi connectivity index (χ1v) is 7.44. The molecule has 0 saturated carbocycles. The van der Waals surface area contributed by atoms with E-state index in [0.29, 0.717) is 26.4 Å². The zero-order valence-electron chi connectivity index (χ0n) is 11.5. The molecule has 0 fully saturated rings. The number of ether oxygens (including phenoxy) is 1. The topological polar surface area (TPSA) is 26.3 Å². The number of hydrogen-bond acceptors (Lipinski definition) is 2. The third kappa shape index (κ3) is 3.91. The highest BCUT2D eigenvalue weighted by Crippen LogP contribution is 2.28. The second-order valence-electron chi connectivity index (χ2n) is 4.68. The molecule has 5 heteroatoms. The van der Waals surface area contributed by atoms with E-state index in [4.69, 9.17) is 39.5 Å². The van der Waals surface area contributed by atoms with Crippen molar-refractivity contribution in [3.8, 4) is 5.75 Å². The zero-order chi connectivity index (χ0) is 15.6. The van der Waals surface area contributed by atoms with E-state index in [9.17, 15) is 4.79 Å². The number of carbonyl (C=O) groups is 1. The van der Waals surface area contributed by atoms with Crippen LogP contribution in [0.4, 0.5) is 0 Å². The van der Waals surface area contributed by atoms with Gasteiger partial charge in [-0.1, -0.05) is 40.9 Å². The lowest BCUT2D eigenvalue weighted by molar-refractivity contribution is 0.0818. The van der Waals surface area contributed by atoms with Crippen LogP contribution < -0.4 is 4.74 Å². The van der Waals surface area contributed by atoms with Crippen LogP contribution in [0.5, 0.6) is 5.75 Å². The lowest BCUT2D eigenvalue weighted by atomic mass is 10.1. The Morgan fingerprint density at radius 3 is 2.38 bits per heavy atom. The van der Waals surface area contributed by atoms with Crippen molar-refractivity contribution in [2.45, 2.75) is 20.0 Å². The molecule has 0 aliphatic carbocycles. The van der Waals surface area contributed by atoms with Crippen molar-refractivity contribution in [2.75, 3.05) is 0 Å². The molecule has 0 aliphatic rings. The van der Waals surface area contributed by atoms with Crippen LogP contribution in [0.1, 0.15) is 22.8 Å². The van der Waals surface area contributed by atoms with Gasteiger partial charge in [0.25, 0.3) is 0 Å². The molecule has 2 rings (SSSR count). The van der Waals surface area contributed by atoms with E-state index in [0.717, 1.165) is 5.56 Å². The summed E-state index contributed by atoms with van der Waals surface area (Å²) < 4.78 is 5.63. The van der Waals surface area contributed by atoms with E-state index in [1.807, 2.05) is 13.0 Å². The van der Waals surface area contributed by atoms with Crippen molar-refractivity contribution in [1.82, 2.24) is 0 Å². The summed E-state index contributed by atoms with van der Waals surface area (Å²) >= 11 is 18.0. The Hall–Kier alpha value is -1.22. The molecule has 0 heterocycles. The summed E-state index contributed by atoms with van der Waals surface area (Å²) in [4.78, 5) is 12.4. The fourth-order valence-corrected chi connectivity index (χ4v) is 2.63. The molecule has 1 atom stereocenters. The van der Waals surface area contributed by atoms with Crippen LogP contribution in [0.2, 0.25) is 15.1 Å². The highest BCUT2D eigenvalue weighted by atomic mass is 35.5. The molecule has 0 saturated heterocycles. The number of ketones is 1. The molecule has 2 aromatic rings. The molecule has 110 valence electrons. The number of rotatable bonds is 4. The van der Waals surface area contributed by atoms with E-state index in [-0.39, 0.29) is 5.78 Å². The van der Waals surface area contributed by atoms with Crippen molar-refractivity contribution in [3.05, 3.63) is 62.6 Å². The number of benzene rings is 2. The minimum absolute atomic E-state index is 0.228. The van der Waals surface area contributed by atoms with Gasteiger partial charge in [-0.05, 0) is 49.7 Å². The third-order valence-electron chi connectivity index (χ3n) is 2.96. The van der Waals surface area contributed by atoms with Crippen molar-refractivity contribution in [2.24, 2.45) is 0 Å². The van der Waals surface area contributed by atoms with Crippen molar-refractivity contribution >= 4 is 40.6 Å². The van der Waals surface area contributed by atoms with E-state index in [1.165, 1.54) is 6.07 Å². The quantitative estimate of drug-likeness (QED) is 0.675. The monoisotopic (exact) mass is 342 g/mol. The average Bonchev–Trinajstić information content (AvgIpc) is 2.41. The highest BCUT2D eigenvalue weighted by molar-refractivity contribution is 6.37. The van der Waals surface area contributed by atoms with Crippen molar-refractivity contribution < 1.29 is 9.53 Å². The largest absolute Gasteiger partial charge is 0.481 e. The molecule has 2 nitrogen and oxygen atoms in total. The summed E-state index contributed by atoms with van der Waals surface area (Å²) in [5.41, 5.74) is 1.39. The predicted molar refractivity (Wildman–Crippen MR) is 87.1 cm³/mol. The van der Waals surface area contributed by atoms with Gasteiger partial charge in [-0.3, -0.25) is 4.79 Å². The van der Waals surface area contributed by atoms with Crippen molar-refractivity contribution in [3.63, 3.8) is 0 Å². The van der Waals surface area contributed by atoms with Gasteiger partial charge in [0.1, 0.15) is 5.75 Å². The van der Waals surface area contributed by atoms with Gasteiger partial charge in [0.2, 0.25) is 5.78 Å². The average molecular weight is 344 g/mol. The summed E-state index contributed by atoms with van der Waals surface area (Å²) in [6, 6.07) is 10.1. The van der Waals surface area contributed by atoms with Crippen LogP contribution in [-0.2, 0) is 0 Å². The van der Waals surface area contributed by atoms with Gasteiger partial charge in [0.05, 0.1) is 10.0 Å². The molecule has 0 spiro atoms. The number of carbonyl (C=O) groups excluding carboxylic acids is 1. The first-order valence-electron chi connectivity index (χ1n) is 6.30. The maximum absolute atomic E-state index is 12.4. The third-order valence-corrected chi connectivity index (χ3v) is 3.80. The molecule has 0 aliphatic heterocycles. The summed E-state index contributed by atoms with van der Waals surface area (Å²) in [5.74, 6) is 0.238. The fourth-order valence-electron chi connectivity index (χ4n) is 1.85. The van der Waals surface area contributed by atoms with Gasteiger partial charge < -0.3 is 4.74 Å². The van der Waals surface area contributed by atoms with Crippen LogP contribution >= 0.6 is 34.8 Å². The number of aryl methyl sites for hydroxylation is 1. The second-order valence-corrected chi connectivity index (χ2v) is 5.93. The van der Waals surface area contributed by atoms with E-state index < -0.39 is 6.10 Å². The predicted octanol–water partition coefficient (Wildman–Crippen LogP) is 5.61. The molecule has 0 N–H and O–H groups in total. The molecule has 0 radical (unpaired) electrons. The lowest BCUT2D eigenvalue weighted by Crippen LogP contribution is -2.24. The Morgan fingerprint density at radius 1 is 1.05 bits per heavy atom. The van der Waals surface area contributed by atoms with Gasteiger partial charge in [-0.25, -0.2) is 0 Å². The minimum atomic E-state index is -0.705.